The van der Waals surface area contributed by atoms with Crippen LogP contribution in [-0.4, -0.2) is 41.6 Å². The van der Waals surface area contributed by atoms with E-state index in [1.165, 1.54) is 0 Å². The van der Waals surface area contributed by atoms with Gasteiger partial charge in [0.25, 0.3) is 5.91 Å². The van der Waals surface area contributed by atoms with Crippen molar-refractivity contribution in [3.05, 3.63) is 35.4 Å². The van der Waals surface area contributed by atoms with Gasteiger partial charge < -0.3 is 15.0 Å². The molecule has 0 spiro atoms. The molecule has 1 aliphatic heterocycles. The van der Waals surface area contributed by atoms with Crippen molar-refractivity contribution in [2.24, 2.45) is 0 Å². The van der Waals surface area contributed by atoms with Crippen molar-refractivity contribution in [3.8, 4) is 6.07 Å². The van der Waals surface area contributed by atoms with Crippen LogP contribution in [0.3, 0.4) is 0 Å². The maximum absolute atomic E-state index is 12.1. The van der Waals surface area contributed by atoms with Crippen LogP contribution in [-0.2, 0) is 11.2 Å². The number of nitrogens with zero attached hydrogens (tertiary/aromatic N) is 2. The number of hydrogen-bond acceptors (Lipinski definition) is 4. The van der Waals surface area contributed by atoms with Crippen LogP contribution in [0.4, 0.5) is 4.79 Å². The van der Waals surface area contributed by atoms with E-state index in [0.29, 0.717) is 25.1 Å². The SMILES string of the molecule is CC(C)(C)OC(=O)N1CC(NC(=O)c2ccc(CC#N)cc2)C1. The molecule has 1 aromatic rings. The van der Waals surface area contributed by atoms with Gasteiger partial charge in [0, 0.05) is 18.7 Å². The van der Waals surface area contributed by atoms with E-state index in [-0.39, 0.29) is 18.0 Å². The van der Waals surface area contributed by atoms with Crippen LogP contribution in [0.2, 0.25) is 0 Å². The minimum absolute atomic E-state index is 0.0613. The highest BCUT2D eigenvalue weighted by molar-refractivity contribution is 5.94. The zero-order chi connectivity index (χ0) is 17.0. The zero-order valence-electron chi connectivity index (χ0n) is 13.6. The molecule has 0 unspecified atom stereocenters. The Morgan fingerprint density at radius 1 is 1.30 bits per heavy atom. The molecular weight excluding hydrogens is 294 g/mol. The third kappa shape index (κ3) is 4.71. The first-order valence-corrected chi connectivity index (χ1v) is 7.53. The van der Waals surface area contributed by atoms with Crippen molar-refractivity contribution in [3.63, 3.8) is 0 Å². The lowest BCUT2D eigenvalue weighted by Crippen LogP contribution is -2.61. The molecule has 1 fully saturated rings. The Morgan fingerprint density at radius 2 is 1.91 bits per heavy atom. The largest absolute Gasteiger partial charge is 0.444 e. The second-order valence-corrected chi connectivity index (χ2v) is 6.59. The van der Waals surface area contributed by atoms with Gasteiger partial charge in [0.15, 0.2) is 0 Å². The summed E-state index contributed by atoms with van der Waals surface area (Å²) in [5, 5.41) is 11.5. The van der Waals surface area contributed by atoms with Crippen LogP contribution in [0.1, 0.15) is 36.7 Å². The molecule has 0 atom stereocenters. The molecule has 1 saturated heterocycles. The van der Waals surface area contributed by atoms with Gasteiger partial charge in [-0.05, 0) is 38.5 Å². The van der Waals surface area contributed by atoms with Crippen molar-refractivity contribution in [2.45, 2.75) is 38.8 Å². The summed E-state index contributed by atoms with van der Waals surface area (Å²) in [6, 6.07) is 8.94. The summed E-state index contributed by atoms with van der Waals surface area (Å²) in [5.74, 6) is -0.178. The number of hydrogen-bond donors (Lipinski definition) is 1. The number of carbonyl (C=O) groups is 2. The molecular formula is C17H21N3O3. The van der Waals surface area contributed by atoms with Crippen molar-refractivity contribution >= 4 is 12.0 Å². The Bertz CT molecular complexity index is 620. The second-order valence-electron chi connectivity index (χ2n) is 6.59. The molecule has 1 aromatic carbocycles. The fraction of sp³-hybridized carbons (Fsp3) is 0.471. The standard InChI is InChI=1S/C17H21N3O3/c1-17(2,3)23-16(22)20-10-14(11-20)19-15(21)13-6-4-12(5-7-13)8-9-18/h4-7,14H,8,10-11H2,1-3H3,(H,19,21). The number of carbonyl (C=O) groups excluding carboxylic acids is 2. The average Bonchev–Trinajstić information content (AvgIpc) is 2.41. The molecule has 122 valence electrons. The van der Waals surface area contributed by atoms with Crippen LogP contribution < -0.4 is 5.32 Å². The van der Waals surface area contributed by atoms with Crippen molar-refractivity contribution in [1.29, 1.82) is 5.26 Å². The van der Waals surface area contributed by atoms with E-state index in [4.69, 9.17) is 10.00 Å². The highest BCUT2D eigenvalue weighted by Crippen LogP contribution is 2.15. The third-order valence-electron chi connectivity index (χ3n) is 3.37. The Balaban J connectivity index is 1.80. The van der Waals surface area contributed by atoms with Gasteiger partial charge in [-0.3, -0.25) is 4.79 Å². The number of amides is 2. The normalized spacial score (nSPS) is 14.6. The van der Waals surface area contributed by atoms with Gasteiger partial charge in [0.1, 0.15) is 5.60 Å². The monoisotopic (exact) mass is 315 g/mol. The molecule has 2 amide bonds. The van der Waals surface area contributed by atoms with Gasteiger partial charge in [-0.25, -0.2) is 4.79 Å². The third-order valence-corrected chi connectivity index (χ3v) is 3.37. The maximum Gasteiger partial charge on any atom is 0.410 e. The van der Waals surface area contributed by atoms with Gasteiger partial charge >= 0.3 is 6.09 Å². The molecule has 0 saturated carbocycles. The summed E-state index contributed by atoms with van der Waals surface area (Å²) in [6.07, 6.45) is -0.0288. The van der Waals surface area contributed by atoms with E-state index >= 15 is 0 Å². The summed E-state index contributed by atoms with van der Waals surface area (Å²) < 4.78 is 5.26. The zero-order valence-corrected chi connectivity index (χ0v) is 13.6. The van der Waals surface area contributed by atoms with E-state index < -0.39 is 5.60 Å². The summed E-state index contributed by atoms with van der Waals surface area (Å²) in [4.78, 5) is 25.5. The lowest BCUT2D eigenvalue weighted by Gasteiger charge is -2.39. The minimum Gasteiger partial charge on any atom is -0.444 e. The van der Waals surface area contributed by atoms with Crippen LogP contribution in [0.5, 0.6) is 0 Å². The molecule has 1 N–H and O–H groups in total. The van der Waals surface area contributed by atoms with Crippen LogP contribution in [0.25, 0.3) is 0 Å². The Labute approximate surface area is 136 Å². The molecule has 0 aliphatic carbocycles. The quantitative estimate of drug-likeness (QED) is 0.926. The predicted molar refractivity (Wildman–Crippen MR) is 84.8 cm³/mol. The van der Waals surface area contributed by atoms with E-state index in [1.54, 1.807) is 29.2 Å². The number of rotatable bonds is 3. The molecule has 0 radical (unpaired) electrons. The van der Waals surface area contributed by atoms with E-state index in [9.17, 15) is 9.59 Å². The van der Waals surface area contributed by atoms with Crippen molar-refractivity contribution in [1.82, 2.24) is 10.2 Å². The Hall–Kier alpha value is -2.55. The molecule has 0 aromatic heterocycles. The summed E-state index contributed by atoms with van der Waals surface area (Å²) in [5.41, 5.74) is 0.905. The molecule has 6 heteroatoms. The van der Waals surface area contributed by atoms with Gasteiger partial charge in [0.05, 0.1) is 18.5 Å². The highest BCUT2D eigenvalue weighted by Gasteiger charge is 2.34. The Morgan fingerprint density at radius 3 is 2.43 bits per heavy atom. The van der Waals surface area contributed by atoms with Gasteiger partial charge in [-0.1, -0.05) is 12.1 Å². The maximum atomic E-state index is 12.1. The number of nitriles is 1. The summed E-state index contributed by atoms with van der Waals surface area (Å²) >= 11 is 0. The van der Waals surface area contributed by atoms with Crippen LogP contribution >= 0.6 is 0 Å². The van der Waals surface area contributed by atoms with E-state index in [0.717, 1.165) is 5.56 Å². The van der Waals surface area contributed by atoms with E-state index in [1.807, 2.05) is 20.8 Å². The first kappa shape index (κ1) is 16.8. The Kier molecular flexibility index (Phi) is 4.89. The number of benzene rings is 1. The molecule has 0 bridgehead atoms. The van der Waals surface area contributed by atoms with Crippen LogP contribution in [0.15, 0.2) is 24.3 Å². The lowest BCUT2D eigenvalue weighted by molar-refractivity contribution is 0.00533. The van der Waals surface area contributed by atoms with Crippen LogP contribution in [0, 0.1) is 11.3 Å². The number of likely N-dealkylation sites (tertiary alicyclic amines) is 1. The van der Waals surface area contributed by atoms with Gasteiger partial charge in [0.2, 0.25) is 0 Å². The van der Waals surface area contributed by atoms with Crippen molar-refractivity contribution in [2.75, 3.05) is 13.1 Å². The van der Waals surface area contributed by atoms with Gasteiger partial charge in [-0.15, -0.1) is 0 Å². The molecule has 23 heavy (non-hydrogen) atoms. The number of nitrogens with one attached hydrogen (secondary N) is 1. The van der Waals surface area contributed by atoms with Crippen molar-refractivity contribution < 1.29 is 14.3 Å². The van der Waals surface area contributed by atoms with E-state index in [2.05, 4.69) is 11.4 Å². The predicted octanol–water partition coefficient (Wildman–Crippen LogP) is 2.10. The minimum atomic E-state index is -0.517. The first-order valence-electron chi connectivity index (χ1n) is 7.53. The first-order chi connectivity index (χ1) is 10.8. The molecule has 6 nitrogen and oxygen atoms in total. The second kappa shape index (κ2) is 6.69. The number of ether oxygens (including phenoxy) is 1. The van der Waals surface area contributed by atoms with Gasteiger partial charge in [-0.2, -0.15) is 5.26 Å². The average molecular weight is 315 g/mol. The molecule has 1 aliphatic rings. The fourth-order valence-electron chi connectivity index (χ4n) is 2.18. The fourth-order valence-corrected chi connectivity index (χ4v) is 2.18. The molecule has 2 rings (SSSR count). The lowest BCUT2D eigenvalue weighted by atomic mass is 10.1. The summed E-state index contributed by atoms with van der Waals surface area (Å²) in [7, 11) is 0. The molecule has 1 heterocycles. The summed E-state index contributed by atoms with van der Waals surface area (Å²) in [6.45, 7) is 6.36. The smallest absolute Gasteiger partial charge is 0.410 e. The topological polar surface area (TPSA) is 82.4 Å². The highest BCUT2D eigenvalue weighted by atomic mass is 16.6.